The van der Waals surface area contributed by atoms with Crippen LogP contribution in [-0.4, -0.2) is 17.1 Å². The maximum absolute atomic E-state index is 11.0. The van der Waals surface area contributed by atoms with E-state index in [-0.39, 0.29) is 5.56 Å². The third kappa shape index (κ3) is 2.47. The second kappa shape index (κ2) is 4.59. The largest absolute Gasteiger partial charge is 0.478 e. The zero-order valence-electron chi connectivity index (χ0n) is 9.86. The summed E-state index contributed by atoms with van der Waals surface area (Å²) in [7, 11) is 0. The molecule has 0 aliphatic rings. The third-order valence-electron chi connectivity index (χ3n) is 2.53. The SMILES string of the molecule is CC(C)NCc1cc2c(C(=O)O)cccc2o1. The highest BCUT2D eigenvalue weighted by molar-refractivity contribution is 6.02. The van der Waals surface area contributed by atoms with Crippen LogP contribution in [0.5, 0.6) is 0 Å². The molecule has 1 aromatic carbocycles. The summed E-state index contributed by atoms with van der Waals surface area (Å²) in [6, 6.07) is 7.20. The van der Waals surface area contributed by atoms with E-state index < -0.39 is 5.97 Å². The van der Waals surface area contributed by atoms with Crippen LogP contribution in [0.4, 0.5) is 0 Å². The Morgan fingerprint density at radius 3 is 2.88 bits per heavy atom. The fourth-order valence-electron chi connectivity index (χ4n) is 1.69. The number of hydrogen-bond donors (Lipinski definition) is 2. The monoisotopic (exact) mass is 233 g/mol. The van der Waals surface area contributed by atoms with Gasteiger partial charge in [-0.05, 0) is 18.2 Å². The van der Waals surface area contributed by atoms with Crippen LogP contribution in [0.2, 0.25) is 0 Å². The third-order valence-corrected chi connectivity index (χ3v) is 2.53. The van der Waals surface area contributed by atoms with Crippen LogP contribution in [0.3, 0.4) is 0 Å². The van der Waals surface area contributed by atoms with Gasteiger partial charge < -0.3 is 14.8 Å². The molecule has 17 heavy (non-hydrogen) atoms. The lowest BCUT2D eigenvalue weighted by molar-refractivity contribution is 0.0699. The Morgan fingerprint density at radius 2 is 2.24 bits per heavy atom. The molecule has 0 fully saturated rings. The first kappa shape index (κ1) is 11.7. The van der Waals surface area contributed by atoms with E-state index in [1.807, 2.05) is 13.8 Å². The Kier molecular flexibility index (Phi) is 3.15. The topological polar surface area (TPSA) is 62.5 Å². The van der Waals surface area contributed by atoms with Crippen molar-refractivity contribution in [3.63, 3.8) is 0 Å². The Labute approximate surface area is 99.2 Å². The van der Waals surface area contributed by atoms with Crippen molar-refractivity contribution in [2.24, 2.45) is 0 Å². The number of carboxylic acids is 1. The molecule has 0 unspecified atom stereocenters. The van der Waals surface area contributed by atoms with Gasteiger partial charge in [-0.1, -0.05) is 19.9 Å². The maximum atomic E-state index is 11.0. The van der Waals surface area contributed by atoms with Gasteiger partial charge in [0, 0.05) is 11.4 Å². The van der Waals surface area contributed by atoms with Crippen molar-refractivity contribution in [1.82, 2.24) is 5.32 Å². The summed E-state index contributed by atoms with van der Waals surface area (Å²) in [6.07, 6.45) is 0. The van der Waals surface area contributed by atoms with Gasteiger partial charge in [-0.15, -0.1) is 0 Å². The van der Waals surface area contributed by atoms with E-state index in [9.17, 15) is 4.79 Å². The molecule has 1 aromatic heterocycles. The summed E-state index contributed by atoms with van der Waals surface area (Å²) in [5.41, 5.74) is 0.896. The molecule has 90 valence electrons. The van der Waals surface area contributed by atoms with Crippen molar-refractivity contribution in [3.8, 4) is 0 Å². The lowest BCUT2D eigenvalue weighted by Crippen LogP contribution is -2.21. The molecule has 2 N–H and O–H groups in total. The highest BCUT2D eigenvalue weighted by Gasteiger charge is 2.12. The van der Waals surface area contributed by atoms with Crippen LogP contribution >= 0.6 is 0 Å². The first-order chi connectivity index (χ1) is 8.08. The molecule has 0 bridgehead atoms. The molecule has 0 aliphatic heterocycles. The number of nitrogens with one attached hydrogen (secondary N) is 1. The van der Waals surface area contributed by atoms with Crippen LogP contribution < -0.4 is 5.32 Å². The van der Waals surface area contributed by atoms with Gasteiger partial charge in [-0.3, -0.25) is 0 Å². The predicted octanol–water partition coefficient (Wildman–Crippen LogP) is 2.63. The van der Waals surface area contributed by atoms with Gasteiger partial charge in [0.15, 0.2) is 0 Å². The molecule has 0 amide bonds. The first-order valence-corrected chi connectivity index (χ1v) is 5.56. The van der Waals surface area contributed by atoms with Gasteiger partial charge in [0.1, 0.15) is 11.3 Å². The van der Waals surface area contributed by atoms with Crippen LogP contribution in [0.1, 0.15) is 30.0 Å². The zero-order valence-corrected chi connectivity index (χ0v) is 9.86. The lowest BCUT2D eigenvalue weighted by atomic mass is 10.1. The van der Waals surface area contributed by atoms with Gasteiger partial charge in [-0.2, -0.15) is 0 Å². The van der Waals surface area contributed by atoms with E-state index in [2.05, 4.69) is 5.32 Å². The molecule has 4 heteroatoms. The molecule has 0 saturated heterocycles. The summed E-state index contributed by atoms with van der Waals surface area (Å²) in [4.78, 5) is 11.0. The second-order valence-electron chi connectivity index (χ2n) is 4.27. The van der Waals surface area contributed by atoms with Crippen molar-refractivity contribution < 1.29 is 14.3 Å². The number of benzene rings is 1. The number of hydrogen-bond acceptors (Lipinski definition) is 3. The average molecular weight is 233 g/mol. The minimum absolute atomic E-state index is 0.280. The van der Waals surface area contributed by atoms with Crippen LogP contribution in [0, 0.1) is 0 Å². The minimum atomic E-state index is -0.931. The van der Waals surface area contributed by atoms with Gasteiger partial charge in [-0.25, -0.2) is 4.79 Å². The standard InChI is InChI=1S/C13H15NO3/c1-8(2)14-7-9-6-11-10(13(15)16)4-3-5-12(11)17-9/h3-6,8,14H,7H2,1-2H3,(H,15,16). The summed E-state index contributed by atoms with van der Waals surface area (Å²) in [5.74, 6) is -0.179. The molecule has 0 saturated carbocycles. The smallest absolute Gasteiger partial charge is 0.336 e. The minimum Gasteiger partial charge on any atom is -0.478 e. The van der Waals surface area contributed by atoms with Crippen LogP contribution in [0.15, 0.2) is 28.7 Å². The maximum Gasteiger partial charge on any atom is 0.336 e. The zero-order chi connectivity index (χ0) is 12.4. The number of aromatic carboxylic acids is 1. The Balaban J connectivity index is 2.36. The normalized spacial score (nSPS) is 11.2. The molecule has 0 aliphatic carbocycles. The molecule has 0 atom stereocenters. The fourth-order valence-corrected chi connectivity index (χ4v) is 1.69. The molecular formula is C13H15NO3. The Hall–Kier alpha value is -1.81. The van der Waals surface area contributed by atoms with Gasteiger partial charge >= 0.3 is 5.97 Å². The predicted molar refractivity (Wildman–Crippen MR) is 65.1 cm³/mol. The van der Waals surface area contributed by atoms with E-state index in [4.69, 9.17) is 9.52 Å². The molecular weight excluding hydrogens is 218 g/mol. The van der Waals surface area contributed by atoms with Crippen molar-refractivity contribution in [2.75, 3.05) is 0 Å². The Bertz CT molecular complexity index is 543. The molecule has 2 aromatic rings. The molecule has 4 nitrogen and oxygen atoms in total. The number of rotatable bonds is 4. The van der Waals surface area contributed by atoms with E-state index in [1.165, 1.54) is 0 Å². The first-order valence-electron chi connectivity index (χ1n) is 5.56. The quantitative estimate of drug-likeness (QED) is 0.852. The molecule has 0 radical (unpaired) electrons. The van der Waals surface area contributed by atoms with E-state index in [1.54, 1.807) is 24.3 Å². The number of fused-ring (bicyclic) bond motifs is 1. The highest BCUT2D eigenvalue weighted by Crippen LogP contribution is 2.23. The van der Waals surface area contributed by atoms with Crippen LogP contribution in [-0.2, 0) is 6.54 Å². The molecule has 2 rings (SSSR count). The van der Waals surface area contributed by atoms with Crippen molar-refractivity contribution in [2.45, 2.75) is 26.4 Å². The number of carboxylic acid groups (broad SMARTS) is 1. The lowest BCUT2D eigenvalue weighted by Gasteiger charge is -2.04. The second-order valence-corrected chi connectivity index (χ2v) is 4.27. The van der Waals surface area contributed by atoms with Crippen molar-refractivity contribution >= 4 is 16.9 Å². The van der Waals surface area contributed by atoms with Crippen molar-refractivity contribution in [3.05, 3.63) is 35.6 Å². The van der Waals surface area contributed by atoms with Gasteiger partial charge in [0.05, 0.1) is 12.1 Å². The molecule has 0 spiro atoms. The van der Waals surface area contributed by atoms with E-state index in [0.717, 1.165) is 5.76 Å². The number of carbonyl (C=O) groups is 1. The van der Waals surface area contributed by atoms with Crippen molar-refractivity contribution in [1.29, 1.82) is 0 Å². The van der Waals surface area contributed by atoms with Gasteiger partial charge in [0.2, 0.25) is 0 Å². The van der Waals surface area contributed by atoms with E-state index >= 15 is 0 Å². The van der Waals surface area contributed by atoms with E-state index in [0.29, 0.717) is 23.6 Å². The summed E-state index contributed by atoms with van der Waals surface area (Å²) in [5, 5.41) is 12.9. The van der Waals surface area contributed by atoms with Gasteiger partial charge in [0.25, 0.3) is 0 Å². The average Bonchev–Trinajstić information content (AvgIpc) is 2.68. The number of furan rings is 1. The summed E-state index contributed by atoms with van der Waals surface area (Å²) in [6.45, 7) is 4.70. The summed E-state index contributed by atoms with van der Waals surface area (Å²) < 4.78 is 5.58. The fraction of sp³-hybridized carbons (Fsp3) is 0.308. The highest BCUT2D eigenvalue weighted by atomic mass is 16.4. The van der Waals surface area contributed by atoms with Crippen LogP contribution in [0.25, 0.3) is 11.0 Å². The molecule has 1 heterocycles. The summed E-state index contributed by atoms with van der Waals surface area (Å²) >= 11 is 0. The Morgan fingerprint density at radius 1 is 1.47 bits per heavy atom.